The van der Waals surface area contributed by atoms with E-state index < -0.39 is 10.8 Å². The quantitative estimate of drug-likeness (QED) is 0.689. The summed E-state index contributed by atoms with van der Waals surface area (Å²) in [5.74, 6) is 0.289. The summed E-state index contributed by atoms with van der Waals surface area (Å²) in [6.45, 7) is 9.82. The van der Waals surface area contributed by atoms with E-state index in [1.807, 2.05) is 30.3 Å². The second-order valence-corrected chi connectivity index (χ2v) is 8.28. The molecule has 1 saturated heterocycles. The zero-order chi connectivity index (χ0) is 21.3. The number of morpholine rings is 1. The number of allylic oxidation sites excluding steroid dienone is 2. The number of rotatable bonds is 5. The lowest BCUT2D eigenvalue weighted by atomic mass is 10.0. The molecule has 1 unspecified atom stereocenters. The van der Waals surface area contributed by atoms with Gasteiger partial charge in [0.25, 0.3) is 5.91 Å². The molecule has 0 aliphatic carbocycles. The molecule has 0 bridgehead atoms. The van der Waals surface area contributed by atoms with Crippen LogP contribution in [0.25, 0.3) is 11.3 Å². The molecule has 2 aliphatic heterocycles. The Hall–Kier alpha value is -2.97. The Labute approximate surface area is 177 Å². The van der Waals surface area contributed by atoms with Crippen molar-refractivity contribution in [3.05, 3.63) is 77.2 Å². The third kappa shape index (κ3) is 3.42. The van der Waals surface area contributed by atoms with Gasteiger partial charge in [-0.25, -0.2) is 4.68 Å². The first-order chi connectivity index (χ1) is 14.6. The van der Waals surface area contributed by atoms with Crippen molar-refractivity contribution < 1.29 is 18.5 Å². The van der Waals surface area contributed by atoms with Gasteiger partial charge in [-0.2, -0.15) is 5.10 Å². The summed E-state index contributed by atoms with van der Waals surface area (Å²) < 4.78 is 25.5. The average molecular weight is 426 g/mol. The van der Waals surface area contributed by atoms with Crippen LogP contribution in [0.1, 0.15) is 21.7 Å². The van der Waals surface area contributed by atoms with Crippen LogP contribution in [-0.4, -0.2) is 58.2 Å². The summed E-state index contributed by atoms with van der Waals surface area (Å²) in [6, 6.07) is 9.54. The maximum absolute atomic E-state index is 13.3. The minimum absolute atomic E-state index is 0.155. The van der Waals surface area contributed by atoms with E-state index in [0.29, 0.717) is 59.5 Å². The molecule has 1 atom stereocenters. The molecule has 30 heavy (non-hydrogen) atoms. The number of carbonyl (C=O) groups is 1. The van der Waals surface area contributed by atoms with Gasteiger partial charge < -0.3 is 14.4 Å². The number of methoxy groups -OCH3 is 1. The zero-order valence-electron chi connectivity index (χ0n) is 16.8. The van der Waals surface area contributed by atoms with Crippen LogP contribution in [0.15, 0.2) is 60.2 Å². The minimum Gasteiger partial charge on any atom is -0.496 e. The first kappa shape index (κ1) is 20.3. The van der Waals surface area contributed by atoms with E-state index in [1.165, 1.54) is 7.11 Å². The molecule has 4 rings (SSSR count). The molecule has 1 fully saturated rings. The van der Waals surface area contributed by atoms with Gasteiger partial charge in [-0.05, 0) is 12.1 Å². The Bertz CT molecular complexity index is 1070. The van der Waals surface area contributed by atoms with Gasteiger partial charge in [0, 0.05) is 24.2 Å². The molecule has 8 heteroatoms. The molecule has 0 saturated carbocycles. The molecule has 3 heterocycles. The molecule has 7 nitrogen and oxygen atoms in total. The minimum atomic E-state index is -1.44. The fraction of sp³-hybridized carbons (Fsp3) is 0.273. The van der Waals surface area contributed by atoms with Crippen molar-refractivity contribution in [2.24, 2.45) is 0 Å². The van der Waals surface area contributed by atoms with Crippen LogP contribution in [0.5, 0.6) is 0 Å². The van der Waals surface area contributed by atoms with Crippen LogP contribution in [0.2, 0.25) is 0 Å². The molecule has 1 amide bonds. The lowest BCUT2D eigenvalue weighted by molar-refractivity contribution is 0.0298. The molecule has 0 N–H and O–H groups in total. The van der Waals surface area contributed by atoms with E-state index in [2.05, 4.69) is 18.3 Å². The third-order valence-electron chi connectivity index (χ3n) is 5.19. The summed E-state index contributed by atoms with van der Waals surface area (Å²) in [7, 11) is 0.0517. The number of hydrogen-bond acceptors (Lipinski definition) is 5. The Balaban J connectivity index is 1.95. The van der Waals surface area contributed by atoms with E-state index in [0.717, 1.165) is 5.69 Å². The normalized spacial score (nSPS) is 18.7. The maximum Gasteiger partial charge on any atom is 0.274 e. The number of hydrogen-bond donors (Lipinski definition) is 0. The largest absolute Gasteiger partial charge is 0.496 e. The first-order valence-corrected chi connectivity index (χ1v) is 10.9. The summed E-state index contributed by atoms with van der Waals surface area (Å²) in [5.41, 5.74) is 3.06. The smallest absolute Gasteiger partial charge is 0.274 e. The van der Waals surface area contributed by atoms with Crippen molar-refractivity contribution in [2.45, 2.75) is 5.75 Å². The molecule has 0 spiro atoms. The van der Waals surface area contributed by atoms with Crippen LogP contribution in [0.4, 0.5) is 0 Å². The van der Waals surface area contributed by atoms with E-state index in [9.17, 15) is 9.00 Å². The highest BCUT2D eigenvalue weighted by atomic mass is 32.2. The molecule has 2 aromatic rings. The Morgan fingerprint density at radius 1 is 1.27 bits per heavy atom. The summed E-state index contributed by atoms with van der Waals surface area (Å²) in [5, 5.41) is 4.69. The lowest BCUT2D eigenvalue weighted by Crippen LogP contribution is -2.41. The van der Waals surface area contributed by atoms with Gasteiger partial charge >= 0.3 is 0 Å². The van der Waals surface area contributed by atoms with Gasteiger partial charge in [-0.15, -0.1) is 0 Å². The Kier molecular flexibility index (Phi) is 5.69. The van der Waals surface area contributed by atoms with Crippen molar-refractivity contribution in [3.8, 4) is 5.69 Å². The summed E-state index contributed by atoms with van der Waals surface area (Å²) in [4.78, 5) is 15.5. The average Bonchev–Trinajstić information content (AvgIpc) is 3.17. The summed E-state index contributed by atoms with van der Waals surface area (Å²) >= 11 is 0. The summed E-state index contributed by atoms with van der Waals surface area (Å²) in [6.07, 6.45) is 1.62. The van der Waals surface area contributed by atoms with Crippen LogP contribution in [0.3, 0.4) is 0 Å². The van der Waals surface area contributed by atoms with Gasteiger partial charge in [0.2, 0.25) is 0 Å². The van der Waals surface area contributed by atoms with Crippen LogP contribution >= 0.6 is 0 Å². The Morgan fingerprint density at radius 3 is 2.60 bits per heavy atom. The molecule has 1 aromatic heterocycles. The monoisotopic (exact) mass is 425 g/mol. The molecule has 156 valence electrons. The highest BCUT2D eigenvalue weighted by molar-refractivity contribution is 7.88. The third-order valence-corrected chi connectivity index (χ3v) is 6.65. The standard InChI is InChI=1S/C22H23N3O4S/c1-4-17-20-18(14-30(27)21(17)15(2)28-3)19(22(26)24-10-12-29-13-11-24)23-25(20)16-8-6-5-7-9-16/h4-9H,1-2,10-14H2,3H3. The number of para-hydroxylation sites is 1. The van der Waals surface area contributed by atoms with Gasteiger partial charge in [-0.1, -0.05) is 37.4 Å². The SMILES string of the molecule is C=CC1=C(C(=C)OC)S(=O)Cc2c(C(=O)N3CCOCC3)nn(-c3ccccc3)c21. The number of fused-ring (bicyclic) bond motifs is 1. The van der Waals surface area contributed by atoms with Crippen LogP contribution < -0.4 is 0 Å². The highest BCUT2D eigenvalue weighted by Crippen LogP contribution is 2.38. The van der Waals surface area contributed by atoms with Crippen LogP contribution in [-0.2, 0) is 26.0 Å². The maximum atomic E-state index is 13.3. The molecule has 1 aromatic carbocycles. The van der Waals surface area contributed by atoms with E-state index in [4.69, 9.17) is 9.47 Å². The van der Waals surface area contributed by atoms with E-state index in [1.54, 1.807) is 15.7 Å². The van der Waals surface area contributed by atoms with E-state index >= 15 is 0 Å². The van der Waals surface area contributed by atoms with Crippen molar-refractivity contribution in [1.82, 2.24) is 14.7 Å². The predicted octanol–water partition coefficient (Wildman–Crippen LogP) is 2.66. The second-order valence-electron chi connectivity index (χ2n) is 6.89. The van der Waals surface area contributed by atoms with Crippen LogP contribution in [0, 0.1) is 0 Å². The highest BCUT2D eigenvalue weighted by Gasteiger charge is 2.35. The Morgan fingerprint density at radius 2 is 1.97 bits per heavy atom. The molecular formula is C22H23N3O4S. The molecule has 0 radical (unpaired) electrons. The van der Waals surface area contributed by atoms with Crippen molar-refractivity contribution in [2.75, 3.05) is 33.4 Å². The zero-order valence-corrected chi connectivity index (χ0v) is 17.6. The number of aromatic nitrogens is 2. The van der Waals surface area contributed by atoms with Crippen molar-refractivity contribution >= 4 is 22.3 Å². The fourth-order valence-corrected chi connectivity index (χ4v) is 5.14. The number of amides is 1. The predicted molar refractivity (Wildman–Crippen MR) is 115 cm³/mol. The molecule has 2 aliphatic rings. The lowest BCUT2D eigenvalue weighted by Gasteiger charge is -2.26. The fourth-order valence-electron chi connectivity index (χ4n) is 3.70. The van der Waals surface area contributed by atoms with Crippen molar-refractivity contribution in [3.63, 3.8) is 0 Å². The van der Waals surface area contributed by atoms with E-state index in [-0.39, 0.29) is 11.7 Å². The second kappa shape index (κ2) is 8.41. The van der Waals surface area contributed by atoms with Gasteiger partial charge in [0.05, 0.1) is 53.2 Å². The number of nitrogens with zero attached hydrogens (tertiary/aromatic N) is 3. The van der Waals surface area contributed by atoms with Gasteiger partial charge in [-0.3, -0.25) is 9.00 Å². The van der Waals surface area contributed by atoms with Gasteiger partial charge in [0.1, 0.15) is 5.76 Å². The molecular weight excluding hydrogens is 402 g/mol. The topological polar surface area (TPSA) is 73.7 Å². The number of benzene rings is 1. The first-order valence-electron chi connectivity index (χ1n) is 9.59. The number of ether oxygens (including phenoxy) is 2. The van der Waals surface area contributed by atoms with Gasteiger partial charge in [0.15, 0.2) is 5.69 Å². The van der Waals surface area contributed by atoms with Crippen molar-refractivity contribution in [1.29, 1.82) is 0 Å². The number of carbonyl (C=O) groups excluding carboxylic acids is 1.